The van der Waals surface area contributed by atoms with Crippen LogP contribution in [0.25, 0.3) is 0 Å². The van der Waals surface area contributed by atoms with Crippen LogP contribution in [0.4, 0.5) is 11.4 Å². The molecule has 0 aromatic heterocycles. The predicted octanol–water partition coefficient (Wildman–Crippen LogP) is 5.31. The first-order valence-corrected chi connectivity index (χ1v) is 8.22. The first kappa shape index (κ1) is 11.9. The van der Waals surface area contributed by atoms with Crippen LogP contribution in [0.2, 0.25) is 0 Å². The summed E-state index contributed by atoms with van der Waals surface area (Å²) in [4.78, 5) is 5.29. The zero-order valence-electron chi connectivity index (χ0n) is 10.7. The summed E-state index contributed by atoms with van der Waals surface area (Å²) in [6.45, 7) is 3.30. The number of fused-ring (bicyclic) bond motifs is 2. The molecule has 2 aliphatic heterocycles. The third-order valence-electron chi connectivity index (χ3n) is 3.89. The summed E-state index contributed by atoms with van der Waals surface area (Å²) in [6.07, 6.45) is 2.41. The largest absolute Gasteiger partial charge is 0.339 e. The van der Waals surface area contributed by atoms with Gasteiger partial charge in [0.15, 0.2) is 0 Å². The van der Waals surface area contributed by atoms with E-state index in [1.807, 2.05) is 11.8 Å². The summed E-state index contributed by atoms with van der Waals surface area (Å²) in [5.41, 5.74) is 5.62. The molecule has 0 saturated carbocycles. The lowest BCUT2D eigenvalue weighted by atomic mass is 10.0. The number of aryl methyl sites for hydroxylation is 1. The summed E-state index contributed by atoms with van der Waals surface area (Å²) < 4.78 is 1.26. The van der Waals surface area contributed by atoms with Crippen LogP contribution < -0.4 is 4.90 Å². The number of halogens is 1. The molecule has 0 saturated heterocycles. The van der Waals surface area contributed by atoms with Crippen molar-refractivity contribution in [3.05, 3.63) is 45.9 Å². The normalized spacial score (nSPS) is 16.0. The van der Waals surface area contributed by atoms with Gasteiger partial charge < -0.3 is 4.90 Å². The quantitative estimate of drug-likeness (QED) is 0.643. The third-order valence-corrected chi connectivity index (χ3v) is 5.73. The summed E-state index contributed by atoms with van der Waals surface area (Å²) in [5.74, 6) is 0. The maximum atomic E-state index is 3.71. The fourth-order valence-corrected chi connectivity index (χ4v) is 4.77. The monoisotopic (exact) mass is 331 g/mol. The average Bonchev–Trinajstić information content (AvgIpc) is 2.42. The van der Waals surface area contributed by atoms with Crippen molar-refractivity contribution in [1.29, 1.82) is 0 Å². The SMILES string of the molecule is Cc1ccc2c(c1)Sc1ccc(Br)c3c1N2CCC3. The zero-order chi connectivity index (χ0) is 13.0. The Hall–Kier alpha value is -0.930. The molecule has 1 nitrogen and oxygen atoms in total. The molecule has 2 aromatic carbocycles. The molecule has 2 heterocycles. The molecule has 96 valence electrons. The van der Waals surface area contributed by atoms with Gasteiger partial charge in [-0.2, -0.15) is 0 Å². The van der Waals surface area contributed by atoms with Gasteiger partial charge in [0.2, 0.25) is 0 Å². The maximum Gasteiger partial charge on any atom is 0.0596 e. The van der Waals surface area contributed by atoms with Crippen LogP contribution in [0, 0.1) is 6.92 Å². The van der Waals surface area contributed by atoms with E-state index in [1.165, 1.54) is 49.6 Å². The average molecular weight is 332 g/mol. The van der Waals surface area contributed by atoms with Crippen LogP contribution in [0.15, 0.2) is 44.6 Å². The Kier molecular flexibility index (Phi) is 2.68. The molecule has 2 aromatic rings. The highest BCUT2D eigenvalue weighted by molar-refractivity contribution is 9.10. The summed E-state index contributed by atoms with van der Waals surface area (Å²) in [7, 11) is 0. The molecule has 0 spiro atoms. The lowest BCUT2D eigenvalue weighted by Crippen LogP contribution is -2.27. The van der Waals surface area contributed by atoms with Crippen LogP contribution in [0.5, 0.6) is 0 Å². The second kappa shape index (κ2) is 4.29. The molecule has 19 heavy (non-hydrogen) atoms. The molecule has 0 radical (unpaired) electrons. The van der Waals surface area contributed by atoms with Crippen molar-refractivity contribution >= 4 is 39.1 Å². The third kappa shape index (κ3) is 1.75. The Morgan fingerprint density at radius 2 is 2.05 bits per heavy atom. The fraction of sp³-hybridized carbons (Fsp3) is 0.250. The highest BCUT2D eigenvalue weighted by atomic mass is 79.9. The Labute approximate surface area is 126 Å². The molecule has 3 heteroatoms. The van der Waals surface area contributed by atoms with E-state index in [0.29, 0.717) is 0 Å². The van der Waals surface area contributed by atoms with Crippen molar-refractivity contribution in [2.24, 2.45) is 0 Å². The molecule has 4 rings (SSSR count). The van der Waals surface area contributed by atoms with Gasteiger partial charge in [-0.25, -0.2) is 0 Å². The van der Waals surface area contributed by atoms with E-state index in [-0.39, 0.29) is 0 Å². The van der Waals surface area contributed by atoms with Crippen molar-refractivity contribution < 1.29 is 0 Å². The van der Waals surface area contributed by atoms with Crippen molar-refractivity contribution in [2.45, 2.75) is 29.6 Å². The minimum Gasteiger partial charge on any atom is -0.339 e. The summed E-state index contributed by atoms with van der Waals surface area (Å²) in [5, 5.41) is 0. The van der Waals surface area contributed by atoms with E-state index in [1.54, 1.807) is 0 Å². The standard InChI is InChI=1S/C16H14BrNS/c1-10-4-6-13-15(9-10)19-14-7-5-12(17)11-3-2-8-18(13)16(11)14/h4-7,9H,2-3,8H2,1H3. The molecule has 0 unspecified atom stereocenters. The first-order valence-electron chi connectivity index (χ1n) is 6.61. The van der Waals surface area contributed by atoms with Crippen molar-refractivity contribution in [3.8, 4) is 0 Å². The van der Waals surface area contributed by atoms with Crippen molar-refractivity contribution in [2.75, 3.05) is 11.4 Å². The van der Waals surface area contributed by atoms with Gasteiger partial charge in [0.25, 0.3) is 0 Å². The second-order valence-electron chi connectivity index (χ2n) is 5.20. The predicted molar refractivity (Wildman–Crippen MR) is 84.8 cm³/mol. The lowest BCUT2D eigenvalue weighted by Gasteiger charge is -2.38. The van der Waals surface area contributed by atoms with Crippen LogP contribution in [0.1, 0.15) is 17.5 Å². The van der Waals surface area contributed by atoms with E-state index in [9.17, 15) is 0 Å². The van der Waals surface area contributed by atoms with Gasteiger partial charge in [-0.1, -0.05) is 33.8 Å². The Morgan fingerprint density at radius 3 is 2.95 bits per heavy atom. The Bertz CT molecular complexity index is 681. The van der Waals surface area contributed by atoms with Gasteiger partial charge in [0, 0.05) is 20.8 Å². The maximum absolute atomic E-state index is 3.71. The van der Waals surface area contributed by atoms with Gasteiger partial charge in [-0.3, -0.25) is 0 Å². The topological polar surface area (TPSA) is 3.24 Å². The van der Waals surface area contributed by atoms with E-state index in [0.717, 1.165) is 6.54 Å². The van der Waals surface area contributed by atoms with Gasteiger partial charge in [-0.15, -0.1) is 0 Å². The number of nitrogens with zero attached hydrogens (tertiary/aromatic N) is 1. The van der Waals surface area contributed by atoms with Gasteiger partial charge in [0.05, 0.1) is 11.4 Å². The van der Waals surface area contributed by atoms with Crippen LogP contribution in [-0.2, 0) is 6.42 Å². The smallest absolute Gasteiger partial charge is 0.0596 e. The van der Waals surface area contributed by atoms with E-state index >= 15 is 0 Å². The first-order chi connectivity index (χ1) is 9.24. The van der Waals surface area contributed by atoms with E-state index in [2.05, 4.69) is 58.1 Å². The second-order valence-corrected chi connectivity index (χ2v) is 7.14. The Balaban J connectivity index is 1.98. The molecule has 2 aliphatic rings. The fourth-order valence-electron chi connectivity index (χ4n) is 3.02. The molecular weight excluding hydrogens is 318 g/mol. The van der Waals surface area contributed by atoms with Crippen LogP contribution in [0.3, 0.4) is 0 Å². The minimum atomic E-state index is 1.13. The molecular formula is C16H14BrNS. The number of anilines is 2. The number of hydrogen-bond donors (Lipinski definition) is 0. The van der Waals surface area contributed by atoms with Crippen LogP contribution in [-0.4, -0.2) is 6.54 Å². The number of rotatable bonds is 0. The van der Waals surface area contributed by atoms with Gasteiger partial charge in [-0.05, 0) is 55.2 Å². The molecule has 0 amide bonds. The molecule has 0 N–H and O–H groups in total. The summed E-state index contributed by atoms with van der Waals surface area (Å²) >= 11 is 5.62. The highest BCUT2D eigenvalue weighted by Crippen LogP contribution is 2.52. The zero-order valence-corrected chi connectivity index (χ0v) is 13.1. The number of hydrogen-bond acceptors (Lipinski definition) is 2. The lowest BCUT2D eigenvalue weighted by molar-refractivity contribution is 0.749. The van der Waals surface area contributed by atoms with E-state index < -0.39 is 0 Å². The molecule has 0 bridgehead atoms. The molecule has 0 aliphatic carbocycles. The highest BCUT2D eigenvalue weighted by Gasteiger charge is 2.29. The van der Waals surface area contributed by atoms with Gasteiger partial charge >= 0.3 is 0 Å². The van der Waals surface area contributed by atoms with Crippen molar-refractivity contribution in [1.82, 2.24) is 0 Å². The van der Waals surface area contributed by atoms with Gasteiger partial charge in [0.1, 0.15) is 0 Å². The molecule has 0 atom stereocenters. The van der Waals surface area contributed by atoms with Crippen molar-refractivity contribution in [3.63, 3.8) is 0 Å². The van der Waals surface area contributed by atoms with E-state index in [4.69, 9.17) is 0 Å². The number of benzene rings is 2. The Morgan fingerprint density at radius 1 is 1.16 bits per heavy atom. The molecule has 0 fully saturated rings. The summed E-state index contributed by atoms with van der Waals surface area (Å²) in [6, 6.07) is 11.2. The minimum absolute atomic E-state index is 1.13. The van der Waals surface area contributed by atoms with Crippen LogP contribution >= 0.6 is 27.7 Å².